The smallest absolute Gasteiger partial charge is 0.277 e. The first-order valence-corrected chi connectivity index (χ1v) is 11.2. The van der Waals surface area contributed by atoms with Crippen LogP contribution in [0, 0.1) is 0 Å². The van der Waals surface area contributed by atoms with Crippen molar-refractivity contribution >= 4 is 34.3 Å². The second-order valence-corrected chi connectivity index (χ2v) is 9.31. The highest BCUT2D eigenvalue weighted by atomic mass is 32.1. The topological polar surface area (TPSA) is 28.0 Å². The number of amides is 1. The van der Waals surface area contributed by atoms with Gasteiger partial charge in [0.2, 0.25) is 0 Å². The van der Waals surface area contributed by atoms with Gasteiger partial charge in [0.1, 0.15) is 13.1 Å². The van der Waals surface area contributed by atoms with Crippen LogP contribution in [0.2, 0.25) is 0 Å². The van der Waals surface area contributed by atoms with Crippen LogP contribution in [0.3, 0.4) is 0 Å². The number of hydrogen-bond donors (Lipinski definition) is 1. The van der Waals surface area contributed by atoms with Crippen LogP contribution in [0.1, 0.15) is 15.3 Å². The molecule has 1 aromatic carbocycles. The Hall–Kier alpha value is -2.15. The van der Waals surface area contributed by atoms with Gasteiger partial charge in [0, 0.05) is 33.4 Å². The van der Waals surface area contributed by atoms with E-state index in [0.717, 1.165) is 18.7 Å². The van der Waals surface area contributed by atoms with Crippen LogP contribution in [0.5, 0.6) is 0 Å². The molecule has 0 aliphatic carbocycles. The molecule has 3 aromatic rings. The first-order valence-electron chi connectivity index (χ1n) is 9.40. The Morgan fingerprint density at radius 1 is 0.893 bits per heavy atom. The van der Waals surface area contributed by atoms with Crippen LogP contribution in [0.15, 0.2) is 59.3 Å². The first-order chi connectivity index (χ1) is 13.5. The second kappa shape index (κ2) is 9.87. The summed E-state index contributed by atoms with van der Waals surface area (Å²) in [6, 6.07) is 16.8. The maximum absolute atomic E-state index is 12.9. The minimum atomic E-state index is 0.180. The molecule has 0 unspecified atom stereocenters. The van der Waals surface area contributed by atoms with Gasteiger partial charge in [-0.2, -0.15) is 0 Å². The van der Waals surface area contributed by atoms with E-state index in [1.165, 1.54) is 20.3 Å². The molecule has 2 heterocycles. The van der Waals surface area contributed by atoms with E-state index in [1.807, 2.05) is 26.0 Å². The lowest BCUT2D eigenvalue weighted by atomic mass is 10.2. The molecule has 0 fully saturated rings. The third-order valence-corrected chi connectivity index (χ3v) is 6.46. The lowest BCUT2D eigenvalue weighted by molar-refractivity contribution is -0.919. The summed E-state index contributed by atoms with van der Waals surface area (Å²) in [6.07, 6.45) is 0. The van der Waals surface area contributed by atoms with E-state index in [-0.39, 0.29) is 5.91 Å². The number of carbonyl (C=O) groups is 1. The molecular formula is C22H28N3OS2+. The van der Waals surface area contributed by atoms with E-state index in [1.54, 1.807) is 22.7 Å². The Bertz CT molecular complexity index is 806. The Labute approximate surface area is 175 Å². The number of hydrogen-bond acceptors (Lipinski definition) is 4. The summed E-state index contributed by atoms with van der Waals surface area (Å²) in [5.74, 6) is 0.180. The van der Waals surface area contributed by atoms with Crippen LogP contribution >= 0.6 is 22.7 Å². The van der Waals surface area contributed by atoms with Crippen molar-refractivity contribution in [2.24, 2.45) is 0 Å². The van der Waals surface area contributed by atoms with Gasteiger partial charge in [-0.3, -0.25) is 4.79 Å². The normalized spacial score (nSPS) is 11.0. The van der Waals surface area contributed by atoms with Crippen molar-refractivity contribution < 1.29 is 9.69 Å². The predicted molar refractivity (Wildman–Crippen MR) is 119 cm³/mol. The van der Waals surface area contributed by atoms with Crippen LogP contribution in [-0.2, 0) is 24.4 Å². The fraction of sp³-hybridized carbons (Fsp3) is 0.318. The second-order valence-electron chi connectivity index (χ2n) is 7.25. The van der Waals surface area contributed by atoms with Crippen LogP contribution in [0.4, 0.5) is 5.69 Å². The molecule has 1 amide bonds. The molecule has 1 N–H and O–H groups in total. The van der Waals surface area contributed by atoms with E-state index < -0.39 is 0 Å². The molecule has 3 rings (SSSR count). The van der Waals surface area contributed by atoms with Crippen LogP contribution in [-0.4, -0.2) is 38.5 Å². The number of benzene rings is 1. The third kappa shape index (κ3) is 5.92. The van der Waals surface area contributed by atoms with Gasteiger partial charge in [-0.25, -0.2) is 0 Å². The Morgan fingerprint density at radius 2 is 1.46 bits per heavy atom. The lowest BCUT2D eigenvalue weighted by Crippen LogP contribution is -3.10. The van der Waals surface area contributed by atoms with Gasteiger partial charge in [-0.1, -0.05) is 24.3 Å². The van der Waals surface area contributed by atoms with E-state index in [9.17, 15) is 4.79 Å². The predicted octanol–water partition coefficient (Wildman–Crippen LogP) is 3.12. The molecule has 0 saturated carbocycles. The summed E-state index contributed by atoms with van der Waals surface area (Å²) in [7, 11) is 5.96. The average molecular weight is 415 g/mol. The van der Waals surface area contributed by atoms with Crippen molar-refractivity contribution in [1.29, 1.82) is 0 Å². The van der Waals surface area contributed by atoms with Crippen molar-refractivity contribution in [1.82, 2.24) is 4.90 Å². The number of rotatable bonds is 9. The number of carbonyl (C=O) groups excluding carboxylic acids is 1. The highest BCUT2D eigenvalue weighted by molar-refractivity contribution is 7.10. The van der Waals surface area contributed by atoms with Gasteiger partial charge in [-0.05, 0) is 40.6 Å². The molecule has 0 aliphatic rings. The van der Waals surface area contributed by atoms with E-state index in [4.69, 9.17) is 0 Å². The lowest BCUT2D eigenvalue weighted by Gasteiger charge is -2.22. The monoisotopic (exact) mass is 414 g/mol. The molecule has 0 bridgehead atoms. The number of quaternary nitrogens is 1. The average Bonchev–Trinajstić information content (AvgIpc) is 3.36. The number of nitrogens with zero attached hydrogens (tertiary/aromatic N) is 2. The van der Waals surface area contributed by atoms with Gasteiger partial charge >= 0.3 is 0 Å². The first kappa shape index (κ1) is 20.6. The van der Waals surface area contributed by atoms with Crippen molar-refractivity contribution in [2.75, 3.05) is 32.6 Å². The van der Waals surface area contributed by atoms with Crippen molar-refractivity contribution in [3.63, 3.8) is 0 Å². The molecule has 0 aliphatic heterocycles. The summed E-state index contributed by atoms with van der Waals surface area (Å²) < 4.78 is 0. The van der Waals surface area contributed by atoms with E-state index >= 15 is 0 Å². The number of anilines is 1. The zero-order valence-corrected chi connectivity index (χ0v) is 18.4. The van der Waals surface area contributed by atoms with Crippen LogP contribution < -0.4 is 9.80 Å². The molecule has 148 valence electrons. The quantitative estimate of drug-likeness (QED) is 0.583. The highest BCUT2D eigenvalue weighted by Gasteiger charge is 2.19. The van der Waals surface area contributed by atoms with Gasteiger partial charge in [-0.15, -0.1) is 22.7 Å². The fourth-order valence-electron chi connectivity index (χ4n) is 3.12. The minimum Gasteiger partial charge on any atom is -0.378 e. The van der Waals surface area contributed by atoms with Gasteiger partial charge in [0.15, 0.2) is 6.54 Å². The molecule has 0 saturated heterocycles. The van der Waals surface area contributed by atoms with Crippen molar-refractivity contribution in [3.8, 4) is 0 Å². The molecule has 0 atom stereocenters. The largest absolute Gasteiger partial charge is 0.378 e. The molecule has 4 nitrogen and oxygen atoms in total. The summed E-state index contributed by atoms with van der Waals surface area (Å²) in [5.41, 5.74) is 2.32. The summed E-state index contributed by atoms with van der Waals surface area (Å²) >= 11 is 3.52. The number of likely N-dealkylation sites (N-methyl/N-ethyl adjacent to an activating group) is 1. The number of thiophene rings is 2. The summed E-state index contributed by atoms with van der Waals surface area (Å²) in [5, 5.41) is 4.20. The van der Waals surface area contributed by atoms with E-state index in [0.29, 0.717) is 13.1 Å². The zero-order valence-electron chi connectivity index (χ0n) is 16.7. The molecule has 0 spiro atoms. The van der Waals surface area contributed by atoms with Gasteiger partial charge < -0.3 is 14.7 Å². The SMILES string of the molecule is CN(Cc1ccc(N(C)C)cc1)C(=O)C[NH+](Cc1cccs1)Cc1cccs1. The van der Waals surface area contributed by atoms with Crippen molar-refractivity contribution in [3.05, 3.63) is 74.6 Å². The molecule has 28 heavy (non-hydrogen) atoms. The third-order valence-electron chi connectivity index (χ3n) is 4.71. The standard InChI is InChI=1S/C22H27N3OS2/c1-23(2)19-10-8-18(9-11-19)14-24(3)22(26)17-25(15-20-6-4-12-27-20)16-21-7-5-13-28-21/h4-13H,14-17H2,1-3H3/p+1. The molecule has 0 radical (unpaired) electrons. The Morgan fingerprint density at radius 3 is 1.93 bits per heavy atom. The maximum Gasteiger partial charge on any atom is 0.277 e. The summed E-state index contributed by atoms with van der Waals surface area (Å²) in [4.78, 5) is 20.7. The van der Waals surface area contributed by atoms with E-state index in [2.05, 4.69) is 64.2 Å². The highest BCUT2D eigenvalue weighted by Crippen LogP contribution is 2.13. The molecule has 2 aromatic heterocycles. The Balaban J connectivity index is 1.61. The van der Waals surface area contributed by atoms with Gasteiger partial charge in [0.25, 0.3) is 5.91 Å². The fourth-order valence-corrected chi connectivity index (χ4v) is 4.67. The Kier molecular flexibility index (Phi) is 7.25. The molecule has 6 heteroatoms. The molecular weight excluding hydrogens is 386 g/mol. The zero-order chi connectivity index (χ0) is 19.9. The minimum absolute atomic E-state index is 0.180. The van der Waals surface area contributed by atoms with Crippen LogP contribution in [0.25, 0.3) is 0 Å². The van der Waals surface area contributed by atoms with Gasteiger partial charge in [0.05, 0.1) is 9.75 Å². The summed E-state index contributed by atoms with van der Waals surface area (Å²) in [6.45, 7) is 2.90. The van der Waals surface area contributed by atoms with Crippen molar-refractivity contribution in [2.45, 2.75) is 19.6 Å². The maximum atomic E-state index is 12.9. The number of nitrogens with one attached hydrogen (secondary N) is 1.